The van der Waals surface area contributed by atoms with Gasteiger partial charge >= 0.3 is 6.18 Å². The van der Waals surface area contributed by atoms with Crippen LogP contribution >= 0.6 is 0 Å². The van der Waals surface area contributed by atoms with Gasteiger partial charge in [-0.25, -0.2) is 0 Å². The van der Waals surface area contributed by atoms with E-state index in [1.807, 2.05) is 0 Å². The first-order valence-electron chi connectivity index (χ1n) is 6.72. The molecule has 106 valence electrons. The molecular formula is C12H17F3N4. The lowest BCUT2D eigenvalue weighted by Gasteiger charge is -2.26. The number of halogens is 3. The summed E-state index contributed by atoms with van der Waals surface area (Å²) in [4.78, 5) is 0. The monoisotopic (exact) mass is 274 g/mol. The summed E-state index contributed by atoms with van der Waals surface area (Å²) < 4.78 is 40.1. The van der Waals surface area contributed by atoms with Gasteiger partial charge in [0.2, 0.25) is 0 Å². The van der Waals surface area contributed by atoms with Gasteiger partial charge in [0.15, 0.2) is 0 Å². The van der Waals surface area contributed by atoms with Gasteiger partial charge in [0.05, 0.1) is 5.92 Å². The summed E-state index contributed by atoms with van der Waals surface area (Å²) in [5.74, 6) is 0.648. The summed E-state index contributed by atoms with van der Waals surface area (Å²) in [5, 5.41) is 11.4. The minimum absolute atomic E-state index is 0.0126. The molecule has 1 fully saturated rings. The molecule has 0 spiro atoms. The van der Waals surface area contributed by atoms with Crippen molar-refractivity contribution < 1.29 is 13.2 Å². The van der Waals surface area contributed by atoms with E-state index in [1.54, 1.807) is 4.57 Å². The molecule has 7 heteroatoms. The molecule has 0 bridgehead atoms. The van der Waals surface area contributed by atoms with Gasteiger partial charge in [-0.3, -0.25) is 0 Å². The molecule has 1 aromatic rings. The second kappa shape index (κ2) is 4.77. The normalized spacial score (nSPS) is 27.5. The van der Waals surface area contributed by atoms with Crippen LogP contribution in [0.4, 0.5) is 13.2 Å². The van der Waals surface area contributed by atoms with Crippen molar-refractivity contribution in [3.05, 3.63) is 11.6 Å². The fraction of sp³-hybridized carbons (Fsp3) is 0.833. The number of hydrogen-bond acceptors (Lipinski definition) is 3. The van der Waals surface area contributed by atoms with E-state index in [4.69, 9.17) is 0 Å². The first-order chi connectivity index (χ1) is 9.04. The van der Waals surface area contributed by atoms with Gasteiger partial charge in [-0.05, 0) is 31.8 Å². The van der Waals surface area contributed by atoms with Crippen LogP contribution in [0.2, 0.25) is 0 Å². The molecule has 0 amide bonds. The number of aryl methyl sites for hydroxylation is 1. The second-order valence-electron chi connectivity index (χ2n) is 5.48. The summed E-state index contributed by atoms with van der Waals surface area (Å²) in [5.41, 5.74) is 0. The van der Waals surface area contributed by atoms with Gasteiger partial charge in [-0.15, -0.1) is 10.2 Å². The summed E-state index contributed by atoms with van der Waals surface area (Å²) in [6.07, 6.45) is -1.82. The Morgan fingerprint density at radius 1 is 1.26 bits per heavy atom. The highest BCUT2D eigenvalue weighted by molar-refractivity contribution is 5.02. The average Bonchev–Trinajstić information content (AvgIpc) is 2.98. The Kier molecular flexibility index (Phi) is 3.24. The molecule has 2 aliphatic heterocycles. The maximum absolute atomic E-state index is 12.8. The summed E-state index contributed by atoms with van der Waals surface area (Å²) in [6.45, 7) is 1.89. The number of fused-ring (bicyclic) bond motifs is 1. The number of aromatic nitrogens is 3. The van der Waals surface area contributed by atoms with Crippen LogP contribution in [0.3, 0.4) is 0 Å². The molecule has 2 unspecified atom stereocenters. The van der Waals surface area contributed by atoms with Crippen molar-refractivity contribution in [2.45, 2.75) is 38.4 Å². The average molecular weight is 274 g/mol. The minimum atomic E-state index is -4.12. The molecule has 1 saturated heterocycles. The van der Waals surface area contributed by atoms with Gasteiger partial charge in [-0.1, -0.05) is 0 Å². The maximum Gasteiger partial charge on any atom is 0.393 e. The molecule has 2 aliphatic rings. The van der Waals surface area contributed by atoms with Crippen LogP contribution in [0.15, 0.2) is 0 Å². The number of rotatable bonds is 2. The van der Waals surface area contributed by atoms with Crippen molar-refractivity contribution in [3.8, 4) is 0 Å². The molecule has 19 heavy (non-hydrogen) atoms. The molecule has 0 aliphatic carbocycles. The van der Waals surface area contributed by atoms with Crippen LogP contribution in [0.5, 0.6) is 0 Å². The quantitative estimate of drug-likeness (QED) is 0.890. The molecule has 2 atom stereocenters. The number of alkyl halides is 3. The Morgan fingerprint density at radius 2 is 2.11 bits per heavy atom. The molecule has 0 radical (unpaired) electrons. The Labute approximate surface area is 109 Å². The highest BCUT2D eigenvalue weighted by atomic mass is 19.4. The molecule has 1 aromatic heterocycles. The van der Waals surface area contributed by atoms with E-state index in [0.29, 0.717) is 18.2 Å². The summed E-state index contributed by atoms with van der Waals surface area (Å²) in [6, 6.07) is 0. The lowest BCUT2D eigenvalue weighted by Crippen LogP contribution is -2.33. The molecule has 1 N–H and O–H groups in total. The Bertz CT molecular complexity index is 448. The minimum Gasteiger partial charge on any atom is -0.316 e. The van der Waals surface area contributed by atoms with Crippen molar-refractivity contribution >= 4 is 0 Å². The number of nitrogens with zero attached hydrogens (tertiary/aromatic N) is 3. The van der Waals surface area contributed by atoms with Crippen LogP contribution in [0.1, 0.15) is 24.5 Å². The third-order valence-electron chi connectivity index (χ3n) is 4.12. The lowest BCUT2D eigenvalue weighted by molar-refractivity contribution is -0.182. The molecule has 0 saturated carbocycles. The zero-order valence-electron chi connectivity index (χ0n) is 10.6. The Morgan fingerprint density at radius 3 is 2.79 bits per heavy atom. The van der Waals surface area contributed by atoms with Crippen LogP contribution in [0.25, 0.3) is 0 Å². The molecular weight excluding hydrogens is 257 g/mol. The largest absolute Gasteiger partial charge is 0.393 e. The zero-order chi connectivity index (χ0) is 13.5. The van der Waals surface area contributed by atoms with E-state index in [2.05, 4.69) is 15.5 Å². The third-order valence-corrected chi connectivity index (χ3v) is 4.12. The molecule has 3 heterocycles. The highest BCUT2D eigenvalue weighted by Crippen LogP contribution is 2.34. The van der Waals surface area contributed by atoms with Crippen molar-refractivity contribution in [3.63, 3.8) is 0 Å². The van der Waals surface area contributed by atoms with Gasteiger partial charge in [-0.2, -0.15) is 13.2 Å². The van der Waals surface area contributed by atoms with Gasteiger partial charge < -0.3 is 9.88 Å². The van der Waals surface area contributed by atoms with Crippen molar-refractivity contribution in [2.24, 2.45) is 11.8 Å². The number of nitrogens with one attached hydrogen (secondary N) is 1. The predicted molar refractivity (Wildman–Crippen MR) is 62.6 cm³/mol. The fourth-order valence-electron chi connectivity index (χ4n) is 2.95. The Balaban J connectivity index is 1.76. The van der Waals surface area contributed by atoms with E-state index in [9.17, 15) is 13.2 Å². The Hall–Kier alpha value is -1.11. The van der Waals surface area contributed by atoms with Gasteiger partial charge in [0, 0.05) is 19.4 Å². The van der Waals surface area contributed by atoms with E-state index < -0.39 is 12.1 Å². The fourth-order valence-corrected chi connectivity index (χ4v) is 2.95. The van der Waals surface area contributed by atoms with Crippen molar-refractivity contribution in [2.75, 3.05) is 13.1 Å². The first-order valence-corrected chi connectivity index (χ1v) is 6.72. The highest BCUT2D eigenvalue weighted by Gasteiger charge is 2.42. The van der Waals surface area contributed by atoms with Gasteiger partial charge in [0.1, 0.15) is 11.6 Å². The summed E-state index contributed by atoms with van der Waals surface area (Å²) >= 11 is 0. The standard InChI is InChI=1S/C12H17F3N4/c13-12(14,15)9-1-2-10-17-18-11(19(10)7-9)5-8-3-4-16-6-8/h8-9,16H,1-7H2. The van der Waals surface area contributed by atoms with Crippen LogP contribution in [-0.2, 0) is 19.4 Å². The van der Waals surface area contributed by atoms with Crippen LogP contribution in [-0.4, -0.2) is 34.0 Å². The van der Waals surface area contributed by atoms with E-state index >= 15 is 0 Å². The maximum atomic E-state index is 12.8. The smallest absolute Gasteiger partial charge is 0.316 e. The van der Waals surface area contributed by atoms with E-state index in [1.165, 1.54) is 0 Å². The van der Waals surface area contributed by atoms with Gasteiger partial charge in [0.25, 0.3) is 0 Å². The van der Waals surface area contributed by atoms with Crippen LogP contribution in [0, 0.1) is 11.8 Å². The summed E-state index contributed by atoms with van der Waals surface area (Å²) in [7, 11) is 0. The third kappa shape index (κ3) is 2.61. The second-order valence-corrected chi connectivity index (χ2v) is 5.48. The predicted octanol–water partition coefficient (Wildman–Crippen LogP) is 1.55. The SMILES string of the molecule is FC(F)(F)C1CCc2nnc(CC3CCNC3)n2C1. The number of hydrogen-bond donors (Lipinski definition) is 1. The lowest BCUT2D eigenvalue weighted by atomic mass is 9.98. The van der Waals surface area contributed by atoms with Crippen molar-refractivity contribution in [1.82, 2.24) is 20.1 Å². The van der Waals surface area contributed by atoms with Crippen molar-refractivity contribution in [1.29, 1.82) is 0 Å². The molecule has 4 nitrogen and oxygen atoms in total. The first kappa shape index (κ1) is 12.9. The van der Waals surface area contributed by atoms with Crippen LogP contribution < -0.4 is 5.32 Å². The molecule has 3 rings (SSSR count). The topological polar surface area (TPSA) is 42.7 Å². The zero-order valence-corrected chi connectivity index (χ0v) is 10.6. The van der Waals surface area contributed by atoms with E-state index in [0.717, 1.165) is 31.8 Å². The molecule has 0 aromatic carbocycles. The van der Waals surface area contributed by atoms with E-state index in [-0.39, 0.29) is 13.0 Å².